The van der Waals surface area contributed by atoms with E-state index in [2.05, 4.69) is 17.1 Å². The van der Waals surface area contributed by atoms with Crippen LogP contribution in [0.1, 0.15) is 49.5 Å². The average Bonchev–Trinajstić information content (AvgIpc) is 3.54. The van der Waals surface area contributed by atoms with Crippen LogP contribution in [0.15, 0.2) is 29.3 Å². The van der Waals surface area contributed by atoms with Crippen molar-refractivity contribution in [2.24, 2.45) is 10.9 Å². The van der Waals surface area contributed by atoms with Crippen molar-refractivity contribution in [1.82, 2.24) is 15.1 Å². The first-order valence-electron chi connectivity index (χ1n) is 10.5. The first-order valence-corrected chi connectivity index (χ1v) is 10.5. The van der Waals surface area contributed by atoms with Crippen molar-refractivity contribution >= 4 is 35.8 Å². The minimum absolute atomic E-state index is 0. The third-order valence-corrected chi connectivity index (χ3v) is 4.98. The molecule has 0 saturated heterocycles. The standard InChI is InChI=1S/C22H36N4O2.HI/c1-5-23-22(25(4)14-15-28-17-19-8-9-19)24-16-18-10-12-20(13-11-18)21(27)26(6-2)7-3;/h10-13,19H,5-9,14-17H2,1-4H3,(H,23,24);1H. The number of carbonyl (C=O) groups excluding carboxylic acids is 1. The number of rotatable bonds is 11. The summed E-state index contributed by atoms with van der Waals surface area (Å²) >= 11 is 0. The molecule has 1 aliphatic carbocycles. The van der Waals surface area contributed by atoms with Gasteiger partial charge in [-0.2, -0.15) is 0 Å². The quantitative estimate of drug-likeness (QED) is 0.211. The van der Waals surface area contributed by atoms with Crippen molar-refractivity contribution in [1.29, 1.82) is 0 Å². The second-order valence-electron chi connectivity index (χ2n) is 7.28. The zero-order valence-electron chi connectivity index (χ0n) is 18.3. The van der Waals surface area contributed by atoms with Gasteiger partial charge in [0.25, 0.3) is 5.91 Å². The fourth-order valence-corrected chi connectivity index (χ4v) is 2.92. The van der Waals surface area contributed by atoms with Gasteiger partial charge in [-0.1, -0.05) is 12.1 Å². The molecule has 0 aromatic heterocycles. The van der Waals surface area contributed by atoms with Crippen LogP contribution in [0.2, 0.25) is 0 Å². The molecule has 1 fully saturated rings. The van der Waals surface area contributed by atoms with Crippen LogP contribution in [0.3, 0.4) is 0 Å². The van der Waals surface area contributed by atoms with Crippen molar-refractivity contribution in [3.8, 4) is 0 Å². The molecule has 29 heavy (non-hydrogen) atoms. The number of halogens is 1. The van der Waals surface area contributed by atoms with Crippen LogP contribution in [0.5, 0.6) is 0 Å². The van der Waals surface area contributed by atoms with Crippen LogP contribution < -0.4 is 5.32 Å². The Morgan fingerprint density at radius 2 is 1.83 bits per heavy atom. The van der Waals surface area contributed by atoms with Crippen molar-refractivity contribution in [2.75, 3.05) is 46.4 Å². The number of carbonyl (C=O) groups is 1. The number of aliphatic imine (C=N–C) groups is 1. The molecule has 2 rings (SSSR count). The summed E-state index contributed by atoms with van der Waals surface area (Å²) in [5.74, 6) is 1.75. The molecule has 1 N–H and O–H groups in total. The zero-order valence-corrected chi connectivity index (χ0v) is 20.6. The van der Waals surface area contributed by atoms with E-state index in [0.717, 1.165) is 62.4 Å². The van der Waals surface area contributed by atoms with Gasteiger partial charge in [0, 0.05) is 45.4 Å². The Morgan fingerprint density at radius 3 is 2.38 bits per heavy atom. The maximum atomic E-state index is 12.4. The molecule has 164 valence electrons. The monoisotopic (exact) mass is 516 g/mol. The fourth-order valence-electron chi connectivity index (χ4n) is 2.92. The Hall–Kier alpha value is -1.35. The van der Waals surface area contributed by atoms with Gasteiger partial charge in [0.2, 0.25) is 0 Å². The van der Waals surface area contributed by atoms with E-state index in [4.69, 9.17) is 9.73 Å². The Morgan fingerprint density at radius 1 is 1.17 bits per heavy atom. The van der Waals surface area contributed by atoms with Crippen molar-refractivity contribution in [3.05, 3.63) is 35.4 Å². The molecule has 0 atom stereocenters. The number of benzene rings is 1. The fraction of sp³-hybridized carbons (Fsp3) is 0.636. The van der Waals surface area contributed by atoms with Gasteiger partial charge >= 0.3 is 0 Å². The third-order valence-electron chi connectivity index (χ3n) is 4.98. The lowest BCUT2D eigenvalue weighted by atomic mass is 10.1. The van der Waals surface area contributed by atoms with E-state index >= 15 is 0 Å². The molecule has 1 aromatic rings. The lowest BCUT2D eigenvalue weighted by molar-refractivity contribution is 0.0773. The predicted octanol–water partition coefficient (Wildman–Crippen LogP) is 3.61. The lowest BCUT2D eigenvalue weighted by Gasteiger charge is -2.22. The largest absolute Gasteiger partial charge is 0.379 e. The maximum absolute atomic E-state index is 12.4. The molecule has 0 aliphatic heterocycles. The maximum Gasteiger partial charge on any atom is 0.253 e. The van der Waals surface area contributed by atoms with Gasteiger partial charge in [-0.05, 0) is 57.2 Å². The number of hydrogen-bond donors (Lipinski definition) is 1. The number of ether oxygens (including phenoxy) is 1. The highest BCUT2D eigenvalue weighted by Crippen LogP contribution is 2.28. The molecule has 1 amide bonds. The number of amides is 1. The summed E-state index contributed by atoms with van der Waals surface area (Å²) in [6.07, 6.45) is 2.64. The molecular weight excluding hydrogens is 479 g/mol. The topological polar surface area (TPSA) is 57.2 Å². The number of hydrogen-bond acceptors (Lipinski definition) is 3. The van der Waals surface area contributed by atoms with Gasteiger partial charge in [0.15, 0.2) is 5.96 Å². The number of nitrogens with one attached hydrogen (secondary N) is 1. The molecule has 0 unspecified atom stereocenters. The van der Waals surface area contributed by atoms with E-state index in [1.54, 1.807) is 0 Å². The van der Waals surface area contributed by atoms with Crippen LogP contribution in [0, 0.1) is 5.92 Å². The molecule has 1 saturated carbocycles. The summed E-state index contributed by atoms with van der Waals surface area (Å²) in [5.41, 5.74) is 1.82. The SMILES string of the molecule is CCNC(=NCc1ccc(C(=O)N(CC)CC)cc1)N(C)CCOCC1CC1.I. The van der Waals surface area contributed by atoms with Gasteiger partial charge in [0.05, 0.1) is 13.2 Å². The van der Waals surface area contributed by atoms with Crippen LogP contribution in [-0.4, -0.2) is 68.1 Å². The number of likely N-dealkylation sites (N-methyl/N-ethyl adjacent to an activating group) is 1. The molecule has 0 bridgehead atoms. The van der Waals surface area contributed by atoms with E-state index in [9.17, 15) is 4.79 Å². The van der Waals surface area contributed by atoms with Crippen molar-refractivity contribution in [2.45, 2.75) is 40.2 Å². The summed E-state index contributed by atoms with van der Waals surface area (Å²) in [6, 6.07) is 7.77. The smallest absolute Gasteiger partial charge is 0.253 e. The number of guanidine groups is 1. The van der Waals surface area contributed by atoms with E-state index in [-0.39, 0.29) is 29.9 Å². The molecular formula is C22H37IN4O2. The van der Waals surface area contributed by atoms with Gasteiger partial charge in [-0.25, -0.2) is 4.99 Å². The highest BCUT2D eigenvalue weighted by Gasteiger charge is 2.21. The molecule has 0 spiro atoms. The minimum Gasteiger partial charge on any atom is -0.379 e. The van der Waals surface area contributed by atoms with Crippen LogP contribution in [-0.2, 0) is 11.3 Å². The molecule has 6 nitrogen and oxygen atoms in total. The summed E-state index contributed by atoms with van der Waals surface area (Å²) in [7, 11) is 2.04. The van der Waals surface area contributed by atoms with Gasteiger partial charge in [0.1, 0.15) is 0 Å². The summed E-state index contributed by atoms with van der Waals surface area (Å²) in [6.45, 7) is 11.4. The normalized spacial score (nSPS) is 13.6. The molecule has 0 heterocycles. The summed E-state index contributed by atoms with van der Waals surface area (Å²) in [5, 5.41) is 3.33. The molecule has 1 aromatic carbocycles. The predicted molar refractivity (Wildman–Crippen MR) is 130 cm³/mol. The highest BCUT2D eigenvalue weighted by atomic mass is 127. The molecule has 7 heteroatoms. The Balaban J connectivity index is 0.00000420. The lowest BCUT2D eigenvalue weighted by Crippen LogP contribution is -2.40. The van der Waals surface area contributed by atoms with Gasteiger partial charge in [-0.15, -0.1) is 24.0 Å². The summed E-state index contributed by atoms with van der Waals surface area (Å²) in [4.78, 5) is 21.1. The number of nitrogens with zero attached hydrogens (tertiary/aromatic N) is 3. The first kappa shape index (κ1) is 25.7. The van der Waals surface area contributed by atoms with Gasteiger partial charge < -0.3 is 19.9 Å². The van der Waals surface area contributed by atoms with Crippen LogP contribution in [0.25, 0.3) is 0 Å². The Labute approximate surface area is 193 Å². The van der Waals surface area contributed by atoms with E-state index in [0.29, 0.717) is 6.54 Å². The van der Waals surface area contributed by atoms with Crippen LogP contribution in [0.4, 0.5) is 0 Å². The Bertz CT molecular complexity index is 628. The molecule has 1 aliphatic rings. The van der Waals surface area contributed by atoms with E-state index in [1.165, 1.54) is 12.8 Å². The van der Waals surface area contributed by atoms with Gasteiger partial charge in [-0.3, -0.25) is 4.79 Å². The zero-order chi connectivity index (χ0) is 20.4. The second kappa shape index (κ2) is 13.8. The summed E-state index contributed by atoms with van der Waals surface area (Å²) < 4.78 is 5.73. The second-order valence-corrected chi connectivity index (χ2v) is 7.28. The van der Waals surface area contributed by atoms with Crippen molar-refractivity contribution in [3.63, 3.8) is 0 Å². The Kier molecular flexibility index (Phi) is 12.2. The van der Waals surface area contributed by atoms with Crippen molar-refractivity contribution < 1.29 is 9.53 Å². The highest BCUT2D eigenvalue weighted by molar-refractivity contribution is 14.0. The third kappa shape index (κ3) is 8.90. The van der Waals surface area contributed by atoms with E-state index < -0.39 is 0 Å². The molecule has 0 radical (unpaired) electrons. The average molecular weight is 516 g/mol. The van der Waals surface area contributed by atoms with Crippen LogP contribution >= 0.6 is 24.0 Å². The first-order chi connectivity index (χ1) is 13.6. The minimum atomic E-state index is 0. The van der Waals surface area contributed by atoms with E-state index in [1.807, 2.05) is 50.1 Å².